The number of piperazine rings is 1. The molecule has 0 bridgehead atoms. The average Bonchev–Trinajstić information content (AvgIpc) is 2.71. The summed E-state index contributed by atoms with van der Waals surface area (Å²) in [5, 5.41) is 3.43. The molecule has 3 heteroatoms. The zero-order chi connectivity index (χ0) is 9.80. The van der Waals surface area contributed by atoms with Crippen molar-refractivity contribution in [3.8, 4) is 0 Å². The number of furan rings is 1. The third-order valence-electron chi connectivity index (χ3n) is 2.91. The maximum Gasteiger partial charge on any atom is 0.0947 e. The van der Waals surface area contributed by atoms with Crippen molar-refractivity contribution in [2.45, 2.75) is 25.9 Å². The zero-order valence-corrected chi connectivity index (χ0v) is 8.70. The van der Waals surface area contributed by atoms with Crippen LogP contribution in [0.25, 0.3) is 0 Å². The van der Waals surface area contributed by atoms with E-state index in [4.69, 9.17) is 4.42 Å². The molecule has 0 saturated carbocycles. The molecule has 1 aromatic rings. The molecule has 1 saturated heterocycles. The Labute approximate surface area is 85.1 Å². The van der Waals surface area contributed by atoms with Crippen molar-refractivity contribution in [3.05, 3.63) is 24.2 Å². The first-order valence-corrected chi connectivity index (χ1v) is 5.36. The van der Waals surface area contributed by atoms with E-state index < -0.39 is 0 Å². The largest absolute Gasteiger partial charge is 0.472 e. The average molecular weight is 194 g/mol. The van der Waals surface area contributed by atoms with Gasteiger partial charge in [0.05, 0.1) is 12.5 Å². The van der Waals surface area contributed by atoms with Crippen LogP contribution in [0.5, 0.6) is 0 Å². The van der Waals surface area contributed by atoms with Crippen molar-refractivity contribution in [2.24, 2.45) is 0 Å². The van der Waals surface area contributed by atoms with Gasteiger partial charge in [-0.15, -0.1) is 0 Å². The molecule has 2 heterocycles. The minimum Gasteiger partial charge on any atom is -0.472 e. The van der Waals surface area contributed by atoms with E-state index >= 15 is 0 Å². The highest BCUT2D eigenvalue weighted by molar-refractivity contribution is 5.05. The number of rotatable bonds is 3. The van der Waals surface area contributed by atoms with Crippen LogP contribution in [-0.2, 0) is 6.54 Å². The normalized spacial score (nSPS) is 23.9. The van der Waals surface area contributed by atoms with Crippen molar-refractivity contribution < 1.29 is 4.42 Å². The van der Waals surface area contributed by atoms with Gasteiger partial charge in [0.2, 0.25) is 0 Å². The highest BCUT2D eigenvalue weighted by Gasteiger charge is 2.20. The van der Waals surface area contributed by atoms with Crippen LogP contribution in [-0.4, -0.2) is 30.6 Å². The summed E-state index contributed by atoms with van der Waals surface area (Å²) in [6, 6.07) is 2.73. The molecule has 3 nitrogen and oxygen atoms in total. The van der Waals surface area contributed by atoms with Gasteiger partial charge >= 0.3 is 0 Å². The summed E-state index contributed by atoms with van der Waals surface area (Å²) in [4.78, 5) is 2.53. The predicted molar refractivity (Wildman–Crippen MR) is 56.1 cm³/mol. The molecule has 0 aliphatic carbocycles. The molecule has 1 aliphatic heterocycles. The lowest BCUT2D eigenvalue weighted by atomic mass is 10.1. The van der Waals surface area contributed by atoms with Crippen LogP contribution in [0, 0.1) is 0 Å². The first-order valence-electron chi connectivity index (χ1n) is 5.36. The monoisotopic (exact) mass is 194 g/mol. The third kappa shape index (κ3) is 2.16. The number of hydrogen-bond donors (Lipinski definition) is 1. The Morgan fingerprint density at radius 3 is 3.29 bits per heavy atom. The zero-order valence-electron chi connectivity index (χ0n) is 8.70. The van der Waals surface area contributed by atoms with Crippen LogP contribution < -0.4 is 5.32 Å². The van der Waals surface area contributed by atoms with E-state index in [1.807, 2.05) is 6.26 Å². The SMILES string of the molecule is CCC1CNCCN1Cc1ccoc1. The fraction of sp³-hybridized carbons (Fsp3) is 0.636. The van der Waals surface area contributed by atoms with Crippen LogP contribution >= 0.6 is 0 Å². The Morgan fingerprint density at radius 1 is 1.64 bits per heavy atom. The topological polar surface area (TPSA) is 28.4 Å². The first-order chi connectivity index (χ1) is 6.90. The lowest BCUT2D eigenvalue weighted by molar-refractivity contribution is 0.149. The molecule has 1 unspecified atom stereocenters. The van der Waals surface area contributed by atoms with Gasteiger partial charge in [-0.3, -0.25) is 4.90 Å². The molecule has 1 fully saturated rings. The van der Waals surface area contributed by atoms with Gasteiger partial charge in [0.1, 0.15) is 0 Å². The highest BCUT2D eigenvalue weighted by atomic mass is 16.3. The Bertz CT molecular complexity index is 258. The van der Waals surface area contributed by atoms with E-state index in [0.717, 1.165) is 26.2 Å². The highest BCUT2D eigenvalue weighted by Crippen LogP contribution is 2.12. The fourth-order valence-corrected chi connectivity index (χ4v) is 2.03. The van der Waals surface area contributed by atoms with Crippen LogP contribution in [0.2, 0.25) is 0 Å². The van der Waals surface area contributed by atoms with Gasteiger partial charge in [0, 0.05) is 37.8 Å². The van der Waals surface area contributed by atoms with Gasteiger partial charge in [-0.2, -0.15) is 0 Å². The Morgan fingerprint density at radius 2 is 2.57 bits per heavy atom. The van der Waals surface area contributed by atoms with Crippen molar-refractivity contribution in [1.82, 2.24) is 10.2 Å². The molecule has 14 heavy (non-hydrogen) atoms. The number of nitrogens with one attached hydrogen (secondary N) is 1. The molecule has 0 spiro atoms. The quantitative estimate of drug-likeness (QED) is 0.789. The molecular formula is C11H18N2O. The Kier molecular flexibility index (Phi) is 3.22. The number of nitrogens with zero attached hydrogens (tertiary/aromatic N) is 1. The van der Waals surface area contributed by atoms with E-state index in [2.05, 4.69) is 23.2 Å². The molecular weight excluding hydrogens is 176 g/mol. The lowest BCUT2D eigenvalue weighted by Gasteiger charge is -2.35. The molecule has 1 N–H and O–H groups in total. The second kappa shape index (κ2) is 4.62. The van der Waals surface area contributed by atoms with Gasteiger partial charge in [-0.1, -0.05) is 6.92 Å². The van der Waals surface area contributed by atoms with E-state index in [-0.39, 0.29) is 0 Å². The van der Waals surface area contributed by atoms with E-state index in [1.54, 1.807) is 6.26 Å². The maximum atomic E-state index is 5.08. The summed E-state index contributed by atoms with van der Waals surface area (Å²) in [6.07, 6.45) is 4.80. The fourth-order valence-electron chi connectivity index (χ4n) is 2.03. The Hall–Kier alpha value is -0.800. The standard InChI is InChI=1S/C11H18N2O/c1-2-11-7-12-4-5-13(11)8-10-3-6-14-9-10/h3,6,9,11-12H,2,4-5,7-8H2,1H3. The summed E-state index contributed by atoms with van der Waals surface area (Å²) < 4.78 is 5.08. The minimum atomic E-state index is 0.679. The summed E-state index contributed by atoms with van der Waals surface area (Å²) in [5.74, 6) is 0. The number of hydrogen-bond acceptors (Lipinski definition) is 3. The summed E-state index contributed by atoms with van der Waals surface area (Å²) in [5.41, 5.74) is 1.28. The second-order valence-electron chi connectivity index (χ2n) is 3.87. The lowest BCUT2D eigenvalue weighted by Crippen LogP contribution is -2.50. The van der Waals surface area contributed by atoms with Crippen LogP contribution in [0.4, 0.5) is 0 Å². The van der Waals surface area contributed by atoms with E-state index in [0.29, 0.717) is 6.04 Å². The van der Waals surface area contributed by atoms with Gasteiger partial charge in [0.15, 0.2) is 0 Å². The minimum absolute atomic E-state index is 0.679. The van der Waals surface area contributed by atoms with E-state index in [1.165, 1.54) is 12.0 Å². The van der Waals surface area contributed by atoms with Crippen LogP contribution in [0.15, 0.2) is 23.0 Å². The maximum absolute atomic E-state index is 5.08. The molecule has 0 radical (unpaired) electrons. The molecule has 0 amide bonds. The second-order valence-corrected chi connectivity index (χ2v) is 3.87. The molecule has 0 aromatic carbocycles. The third-order valence-corrected chi connectivity index (χ3v) is 2.91. The molecule has 2 rings (SSSR count). The smallest absolute Gasteiger partial charge is 0.0947 e. The van der Waals surface area contributed by atoms with Crippen LogP contribution in [0.1, 0.15) is 18.9 Å². The summed E-state index contributed by atoms with van der Waals surface area (Å²) in [7, 11) is 0. The molecule has 78 valence electrons. The summed E-state index contributed by atoms with van der Waals surface area (Å²) >= 11 is 0. The van der Waals surface area contributed by atoms with Crippen molar-refractivity contribution >= 4 is 0 Å². The van der Waals surface area contributed by atoms with Crippen molar-refractivity contribution in [2.75, 3.05) is 19.6 Å². The molecule has 1 aliphatic rings. The summed E-state index contributed by atoms with van der Waals surface area (Å²) in [6.45, 7) is 6.64. The van der Waals surface area contributed by atoms with Gasteiger partial charge in [-0.05, 0) is 12.5 Å². The Balaban J connectivity index is 1.94. The van der Waals surface area contributed by atoms with Crippen molar-refractivity contribution in [1.29, 1.82) is 0 Å². The van der Waals surface area contributed by atoms with Crippen molar-refractivity contribution in [3.63, 3.8) is 0 Å². The van der Waals surface area contributed by atoms with E-state index in [9.17, 15) is 0 Å². The first kappa shape index (κ1) is 9.74. The van der Waals surface area contributed by atoms with Gasteiger partial charge < -0.3 is 9.73 Å². The molecule has 1 aromatic heterocycles. The predicted octanol–water partition coefficient (Wildman–Crippen LogP) is 1.46. The van der Waals surface area contributed by atoms with Gasteiger partial charge in [0.25, 0.3) is 0 Å². The molecule has 1 atom stereocenters. The van der Waals surface area contributed by atoms with Crippen LogP contribution in [0.3, 0.4) is 0 Å². The van der Waals surface area contributed by atoms with Gasteiger partial charge in [-0.25, -0.2) is 0 Å².